The van der Waals surface area contributed by atoms with Crippen molar-refractivity contribution >= 4 is 48.1 Å². The van der Waals surface area contributed by atoms with Gasteiger partial charge in [-0.05, 0) is 51.7 Å². The molecule has 3 aromatic rings. The van der Waals surface area contributed by atoms with Crippen molar-refractivity contribution < 1.29 is 18.1 Å². The number of rotatable bonds is 11. The number of fused-ring (bicyclic) bond motifs is 1. The molecule has 176 valence electrons. The van der Waals surface area contributed by atoms with E-state index in [0.29, 0.717) is 28.3 Å². The molecular weight excluding hydrogens is 464 g/mol. The Morgan fingerprint density at radius 1 is 1.09 bits per heavy atom. The van der Waals surface area contributed by atoms with E-state index in [0.717, 1.165) is 6.54 Å². The lowest BCUT2D eigenvalue weighted by atomic mass is 10.3. The van der Waals surface area contributed by atoms with Crippen molar-refractivity contribution in [2.75, 3.05) is 37.8 Å². The van der Waals surface area contributed by atoms with Gasteiger partial charge in [-0.15, -0.1) is 0 Å². The Morgan fingerprint density at radius 2 is 1.82 bits per heavy atom. The molecule has 0 aliphatic heterocycles. The molecule has 0 aliphatic carbocycles. The number of anilines is 1. The highest BCUT2D eigenvalue weighted by Crippen LogP contribution is 2.32. The minimum Gasteiger partial charge on any atom is -0.309 e. The van der Waals surface area contributed by atoms with Gasteiger partial charge in [0, 0.05) is 25.1 Å². The van der Waals surface area contributed by atoms with E-state index in [1.165, 1.54) is 23.5 Å². The number of amides is 1. The van der Waals surface area contributed by atoms with Gasteiger partial charge in [0.15, 0.2) is 15.0 Å². The summed E-state index contributed by atoms with van der Waals surface area (Å²) in [6, 6.07) is 12.6. The molecule has 33 heavy (non-hydrogen) atoms. The number of hydrogen-bond acceptors (Lipinski definition) is 8. The summed E-state index contributed by atoms with van der Waals surface area (Å²) in [5, 5.41) is 11.5. The van der Waals surface area contributed by atoms with Gasteiger partial charge in [-0.25, -0.2) is 13.4 Å². The molecule has 0 spiro atoms. The Bertz CT molecular complexity index is 1230. The zero-order valence-electron chi connectivity index (χ0n) is 18.5. The first-order chi connectivity index (χ1) is 15.7. The van der Waals surface area contributed by atoms with Crippen molar-refractivity contribution in [1.82, 2.24) is 9.88 Å². The fourth-order valence-electron chi connectivity index (χ4n) is 3.30. The largest absolute Gasteiger partial charge is 0.309 e. The van der Waals surface area contributed by atoms with Crippen molar-refractivity contribution in [3.8, 4) is 0 Å². The maximum atomic E-state index is 13.1. The number of nitro benzene ring substituents is 1. The summed E-state index contributed by atoms with van der Waals surface area (Å²) in [5.41, 5.74) is 0.548. The predicted molar refractivity (Wildman–Crippen MR) is 130 cm³/mol. The normalized spacial score (nSPS) is 11.7. The Balaban J connectivity index is 1.75. The summed E-state index contributed by atoms with van der Waals surface area (Å²) in [6.07, 6.45) is 0.956. The van der Waals surface area contributed by atoms with Gasteiger partial charge in [0.05, 0.1) is 25.8 Å². The van der Waals surface area contributed by atoms with Crippen LogP contribution in [0.5, 0.6) is 0 Å². The van der Waals surface area contributed by atoms with Crippen LogP contribution in [0.15, 0.2) is 53.4 Å². The summed E-state index contributed by atoms with van der Waals surface area (Å²) < 4.78 is 25.6. The summed E-state index contributed by atoms with van der Waals surface area (Å²) in [7, 11) is 0.422. The molecule has 11 heteroatoms. The van der Waals surface area contributed by atoms with Gasteiger partial charge < -0.3 is 4.90 Å². The van der Waals surface area contributed by atoms with Crippen LogP contribution in [0.1, 0.15) is 19.3 Å². The summed E-state index contributed by atoms with van der Waals surface area (Å²) in [6.45, 7) is 1.19. The molecule has 9 nitrogen and oxygen atoms in total. The van der Waals surface area contributed by atoms with E-state index in [1.807, 2.05) is 19.0 Å². The standard InChI is InChI=1S/C22H26N4O5S2/c1-24(2)13-7-14-25(22-23-19-12-11-17(26(28)29)16-20(19)32-22)21(27)10-6-15-33(30,31)18-8-4-3-5-9-18/h3-5,8-9,11-12,16H,6-7,10,13-15H2,1-2H3. The number of carbonyl (C=O) groups excluding carboxylic acids is 1. The highest BCUT2D eigenvalue weighted by molar-refractivity contribution is 7.91. The van der Waals surface area contributed by atoms with Crippen LogP contribution in [0.25, 0.3) is 10.2 Å². The molecule has 0 atom stereocenters. The van der Waals surface area contributed by atoms with Crippen molar-refractivity contribution in [3.05, 3.63) is 58.6 Å². The molecule has 0 unspecified atom stereocenters. The minimum absolute atomic E-state index is 0.0331. The van der Waals surface area contributed by atoms with Crippen LogP contribution >= 0.6 is 11.3 Å². The smallest absolute Gasteiger partial charge is 0.270 e. The van der Waals surface area contributed by atoms with E-state index in [1.54, 1.807) is 41.3 Å². The second kappa shape index (κ2) is 10.8. The first-order valence-corrected chi connectivity index (χ1v) is 12.9. The Kier molecular flexibility index (Phi) is 8.11. The molecule has 1 amide bonds. The summed E-state index contributed by atoms with van der Waals surface area (Å²) in [5.74, 6) is -0.342. The average Bonchev–Trinajstić information content (AvgIpc) is 3.19. The topological polar surface area (TPSA) is 114 Å². The van der Waals surface area contributed by atoms with Gasteiger partial charge in [-0.3, -0.25) is 19.8 Å². The third kappa shape index (κ3) is 6.56. The highest BCUT2D eigenvalue weighted by atomic mass is 32.2. The van der Waals surface area contributed by atoms with Crippen molar-refractivity contribution in [2.45, 2.75) is 24.2 Å². The number of benzene rings is 2. The number of sulfone groups is 1. The number of nitro groups is 1. The first-order valence-electron chi connectivity index (χ1n) is 10.5. The molecule has 0 aliphatic rings. The molecule has 1 aromatic heterocycles. The number of nitrogens with zero attached hydrogens (tertiary/aromatic N) is 4. The van der Waals surface area contributed by atoms with Crippen LogP contribution in [0.3, 0.4) is 0 Å². The minimum atomic E-state index is -3.46. The van der Waals surface area contributed by atoms with Crippen molar-refractivity contribution in [2.24, 2.45) is 0 Å². The van der Waals surface area contributed by atoms with Crippen LogP contribution in [0.2, 0.25) is 0 Å². The second-order valence-corrected chi connectivity index (χ2v) is 11.0. The Labute approximate surface area is 196 Å². The Hall–Kier alpha value is -2.89. The molecule has 2 aromatic carbocycles. The maximum absolute atomic E-state index is 13.1. The van der Waals surface area contributed by atoms with Gasteiger partial charge in [0.1, 0.15) is 0 Å². The molecule has 0 fully saturated rings. The number of non-ortho nitro benzene ring substituents is 1. The zero-order valence-corrected chi connectivity index (χ0v) is 20.1. The van der Waals surface area contributed by atoms with Gasteiger partial charge >= 0.3 is 0 Å². The maximum Gasteiger partial charge on any atom is 0.270 e. The predicted octanol–water partition coefficient (Wildman–Crippen LogP) is 3.74. The van der Waals surface area contributed by atoms with Crippen molar-refractivity contribution in [3.63, 3.8) is 0 Å². The van der Waals surface area contributed by atoms with E-state index < -0.39 is 14.8 Å². The number of aromatic nitrogens is 1. The number of hydrogen-bond donors (Lipinski definition) is 0. The lowest BCUT2D eigenvalue weighted by Crippen LogP contribution is -2.33. The fourth-order valence-corrected chi connectivity index (χ4v) is 5.67. The summed E-state index contributed by atoms with van der Waals surface area (Å²) in [4.78, 5) is 32.0. The van der Waals surface area contributed by atoms with Crippen LogP contribution < -0.4 is 4.90 Å². The van der Waals surface area contributed by atoms with Gasteiger partial charge in [-0.1, -0.05) is 29.5 Å². The van der Waals surface area contributed by atoms with Gasteiger partial charge in [0.25, 0.3) is 5.69 Å². The molecule has 0 radical (unpaired) electrons. The Morgan fingerprint density at radius 3 is 2.48 bits per heavy atom. The van der Waals surface area contributed by atoms with E-state index in [2.05, 4.69) is 4.98 Å². The quantitative estimate of drug-likeness (QED) is 0.297. The SMILES string of the molecule is CN(C)CCCN(C(=O)CCCS(=O)(=O)c1ccccc1)c1nc2ccc([N+](=O)[O-])cc2s1. The van der Waals surface area contributed by atoms with Gasteiger partial charge in [0.2, 0.25) is 5.91 Å². The van der Waals surface area contributed by atoms with Crippen LogP contribution in [0, 0.1) is 10.1 Å². The number of carbonyl (C=O) groups is 1. The van der Waals surface area contributed by atoms with Crippen LogP contribution in [0.4, 0.5) is 10.8 Å². The third-order valence-corrected chi connectivity index (χ3v) is 7.85. The number of thiazole rings is 1. The first kappa shape index (κ1) is 24.7. The third-order valence-electron chi connectivity index (χ3n) is 5.00. The molecule has 0 saturated heterocycles. The van der Waals surface area contributed by atoms with E-state index >= 15 is 0 Å². The van der Waals surface area contributed by atoms with Crippen molar-refractivity contribution in [1.29, 1.82) is 0 Å². The average molecular weight is 491 g/mol. The van der Waals surface area contributed by atoms with Crippen LogP contribution in [-0.4, -0.2) is 62.1 Å². The zero-order chi connectivity index (χ0) is 24.0. The highest BCUT2D eigenvalue weighted by Gasteiger charge is 2.22. The second-order valence-electron chi connectivity index (χ2n) is 7.84. The molecular formula is C22H26N4O5S2. The fraction of sp³-hybridized carbons (Fsp3) is 0.364. The van der Waals surface area contributed by atoms with Crippen LogP contribution in [-0.2, 0) is 14.6 Å². The molecule has 0 bridgehead atoms. The van der Waals surface area contributed by atoms with E-state index in [4.69, 9.17) is 0 Å². The monoisotopic (exact) mass is 490 g/mol. The van der Waals surface area contributed by atoms with Gasteiger partial charge in [-0.2, -0.15) is 0 Å². The lowest BCUT2D eigenvalue weighted by molar-refractivity contribution is -0.384. The molecule has 0 saturated carbocycles. The summed E-state index contributed by atoms with van der Waals surface area (Å²) >= 11 is 1.22. The van der Waals surface area contributed by atoms with E-state index in [-0.39, 0.29) is 35.1 Å². The van der Waals surface area contributed by atoms with E-state index in [9.17, 15) is 23.3 Å². The molecule has 3 rings (SSSR count). The lowest BCUT2D eigenvalue weighted by Gasteiger charge is -2.21. The molecule has 0 N–H and O–H groups in total. The molecule has 1 heterocycles.